The van der Waals surface area contributed by atoms with Crippen molar-refractivity contribution in [3.63, 3.8) is 0 Å². The second kappa shape index (κ2) is 13.5. The van der Waals surface area contributed by atoms with Crippen molar-refractivity contribution < 1.29 is 0 Å². The van der Waals surface area contributed by atoms with E-state index in [1.165, 1.54) is 62.6 Å². The molecule has 5 heteroatoms. The normalized spacial score (nSPS) is 11.6. The molecule has 11 rings (SSSR count). The van der Waals surface area contributed by atoms with Crippen LogP contribution >= 0.6 is 22.7 Å². The first-order valence-corrected chi connectivity index (χ1v) is 20.3. The number of hydrogen-bond acceptors (Lipinski definition) is 5. The van der Waals surface area contributed by atoms with E-state index in [1.54, 1.807) is 0 Å². The van der Waals surface area contributed by atoms with Crippen LogP contribution in [0, 0.1) is 0 Å². The average Bonchev–Trinajstić information content (AvgIpc) is 3.84. The fourth-order valence-corrected chi connectivity index (χ4v) is 10.2. The van der Waals surface area contributed by atoms with Gasteiger partial charge >= 0.3 is 0 Å². The molecule has 0 amide bonds. The number of benzene rings is 8. The molecule has 3 nitrogen and oxygen atoms in total. The fourth-order valence-electron chi connectivity index (χ4n) is 7.87. The lowest BCUT2D eigenvalue weighted by Crippen LogP contribution is -2.00. The summed E-state index contributed by atoms with van der Waals surface area (Å²) in [5.74, 6) is 1.95. The first kappa shape index (κ1) is 32.6. The lowest BCUT2D eigenvalue weighted by atomic mass is 9.91. The molecular formula is C51H31N3S2. The number of hydrogen-bond donors (Lipinski definition) is 0. The third-order valence-electron chi connectivity index (χ3n) is 10.6. The number of aromatic nitrogens is 3. The van der Waals surface area contributed by atoms with Gasteiger partial charge in [-0.1, -0.05) is 158 Å². The van der Waals surface area contributed by atoms with Crippen molar-refractivity contribution in [2.75, 3.05) is 0 Å². The molecule has 0 fully saturated rings. The Morgan fingerprint density at radius 2 is 0.768 bits per heavy atom. The Bertz CT molecular complexity index is 3250. The van der Waals surface area contributed by atoms with Gasteiger partial charge in [0.15, 0.2) is 17.5 Å². The van der Waals surface area contributed by atoms with Crippen LogP contribution in [-0.2, 0) is 0 Å². The summed E-state index contributed by atoms with van der Waals surface area (Å²) in [6, 6.07) is 66.9. The molecule has 3 heterocycles. The number of thiophene rings is 2. The van der Waals surface area contributed by atoms with Crippen LogP contribution in [-0.4, -0.2) is 15.0 Å². The Balaban J connectivity index is 1.03. The zero-order valence-electron chi connectivity index (χ0n) is 30.1. The van der Waals surface area contributed by atoms with Crippen molar-refractivity contribution >= 4 is 63.0 Å². The maximum Gasteiger partial charge on any atom is 0.164 e. The van der Waals surface area contributed by atoms with Crippen molar-refractivity contribution in [2.24, 2.45) is 0 Å². The molecule has 0 aliphatic heterocycles. The Kier molecular flexibility index (Phi) is 7.87. The van der Waals surface area contributed by atoms with E-state index in [0.29, 0.717) is 17.5 Å². The zero-order valence-corrected chi connectivity index (χ0v) is 31.7. The summed E-state index contributed by atoms with van der Waals surface area (Å²) in [5.41, 5.74) is 10.1. The molecule has 0 bridgehead atoms. The Hall–Kier alpha value is -6.79. The maximum absolute atomic E-state index is 5.12. The molecule has 0 atom stereocenters. The molecule has 0 unspecified atom stereocenters. The van der Waals surface area contributed by atoms with Crippen molar-refractivity contribution in [2.45, 2.75) is 0 Å². The van der Waals surface area contributed by atoms with Crippen LogP contribution in [0.5, 0.6) is 0 Å². The van der Waals surface area contributed by atoms with E-state index in [9.17, 15) is 0 Å². The van der Waals surface area contributed by atoms with Gasteiger partial charge in [0.2, 0.25) is 0 Å². The summed E-state index contributed by atoms with van der Waals surface area (Å²) < 4.78 is 5.08. The number of fused-ring (bicyclic) bond motifs is 6. The van der Waals surface area contributed by atoms with E-state index in [-0.39, 0.29) is 0 Å². The number of rotatable bonds is 6. The third kappa shape index (κ3) is 5.68. The second-order valence-electron chi connectivity index (χ2n) is 14.0. The Morgan fingerprint density at radius 3 is 1.59 bits per heavy atom. The summed E-state index contributed by atoms with van der Waals surface area (Å²) in [6.07, 6.45) is 0. The van der Waals surface area contributed by atoms with Gasteiger partial charge in [-0.05, 0) is 63.7 Å². The van der Waals surface area contributed by atoms with Gasteiger partial charge < -0.3 is 0 Å². The third-order valence-corrected chi connectivity index (χ3v) is 12.8. The number of nitrogens with zero attached hydrogens (tertiary/aromatic N) is 3. The highest BCUT2D eigenvalue weighted by Crippen LogP contribution is 2.45. The van der Waals surface area contributed by atoms with Gasteiger partial charge in [0.25, 0.3) is 0 Å². The molecule has 0 aliphatic rings. The minimum atomic E-state index is 0.649. The van der Waals surface area contributed by atoms with E-state index < -0.39 is 0 Å². The van der Waals surface area contributed by atoms with Gasteiger partial charge in [-0.2, -0.15) is 0 Å². The van der Waals surface area contributed by atoms with Crippen LogP contribution in [0.1, 0.15) is 0 Å². The molecule has 0 N–H and O–H groups in total. The van der Waals surface area contributed by atoms with Crippen molar-refractivity contribution in [3.05, 3.63) is 188 Å². The summed E-state index contributed by atoms with van der Waals surface area (Å²) in [6.45, 7) is 0. The first-order chi connectivity index (χ1) is 27.7. The highest BCUT2D eigenvalue weighted by molar-refractivity contribution is 7.26. The quantitative estimate of drug-likeness (QED) is 0.170. The summed E-state index contributed by atoms with van der Waals surface area (Å²) in [4.78, 5) is 15.2. The van der Waals surface area contributed by atoms with Crippen LogP contribution in [0.2, 0.25) is 0 Å². The van der Waals surface area contributed by atoms with E-state index in [4.69, 9.17) is 15.0 Å². The molecule has 262 valence electrons. The van der Waals surface area contributed by atoms with Crippen LogP contribution in [0.15, 0.2) is 188 Å². The minimum Gasteiger partial charge on any atom is -0.208 e. The van der Waals surface area contributed by atoms with Gasteiger partial charge in [0.05, 0.1) is 0 Å². The first-order valence-electron chi connectivity index (χ1n) is 18.7. The molecule has 3 aromatic heterocycles. The molecule has 0 aliphatic carbocycles. The van der Waals surface area contributed by atoms with Crippen LogP contribution < -0.4 is 0 Å². The molecule has 0 spiro atoms. The van der Waals surface area contributed by atoms with E-state index in [1.807, 2.05) is 46.9 Å². The van der Waals surface area contributed by atoms with Gasteiger partial charge in [0.1, 0.15) is 0 Å². The zero-order chi connectivity index (χ0) is 37.0. The van der Waals surface area contributed by atoms with E-state index in [0.717, 1.165) is 27.8 Å². The predicted octanol–water partition coefficient (Wildman–Crippen LogP) is 14.6. The highest BCUT2D eigenvalue weighted by atomic mass is 32.1. The van der Waals surface area contributed by atoms with Crippen molar-refractivity contribution in [3.8, 4) is 67.5 Å². The smallest absolute Gasteiger partial charge is 0.164 e. The van der Waals surface area contributed by atoms with Crippen molar-refractivity contribution in [1.82, 2.24) is 15.0 Å². The fraction of sp³-hybridized carbons (Fsp3) is 0. The second-order valence-corrected chi connectivity index (χ2v) is 16.1. The van der Waals surface area contributed by atoms with Crippen LogP contribution in [0.4, 0.5) is 0 Å². The topological polar surface area (TPSA) is 38.7 Å². The van der Waals surface area contributed by atoms with E-state index >= 15 is 0 Å². The maximum atomic E-state index is 5.12. The van der Waals surface area contributed by atoms with Crippen LogP contribution in [0.25, 0.3) is 108 Å². The Morgan fingerprint density at radius 1 is 0.268 bits per heavy atom. The molecule has 8 aromatic carbocycles. The molecule has 0 radical (unpaired) electrons. The molecular weight excluding hydrogens is 719 g/mol. The lowest BCUT2D eigenvalue weighted by Gasteiger charge is -2.12. The predicted molar refractivity (Wildman–Crippen MR) is 238 cm³/mol. The molecule has 0 saturated carbocycles. The summed E-state index contributed by atoms with van der Waals surface area (Å²) in [7, 11) is 0. The molecule has 0 saturated heterocycles. The van der Waals surface area contributed by atoms with Gasteiger partial charge in [-0.15, -0.1) is 22.7 Å². The van der Waals surface area contributed by atoms with Gasteiger partial charge in [-0.3, -0.25) is 0 Å². The molecule has 56 heavy (non-hydrogen) atoms. The van der Waals surface area contributed by atoms with Gasteiger partial charge in [0, 0.05) is 57.0 Å². The van der Waals surface area contributed by atoms with Crippen LogP contribution in [0.3, 0.4) is 0 Å². The lowest BCUT2D eigenvalue weighted by molar-refractivity contribution is 1.07. The SMILES string of the molecule is c1ccc(-c2cccc(-c3nc(-c4ccccc4)nc(-c4ccc5c(c4)sc4cccc(-c6ccccc6-c6ccc7c(c6)sc6ccccc67)c45)n3)c2)cc1. The monoisotopic (exact) mass is 749 g/mol. The summed E-state index contributed by atoms with van der Waals surface area (Å²) >= 11 is 3.68. The van der Waals surface area contributed by atoms with Crippen molar-refractivity contribution in [1.29, 1.82) is 0 Å². The largest absolute Gasteiger partial charge is 0.208 e. The standard InChI is InChI=1S/C51H31N3S2/c1-3-13-32(14-4-1)34-17-11-18-36(29-34)50-52-49(33-15-5-2-6-16-33)53-51(54-50)37-26-28-43-47(31-37)56-45-24-12-22-42(48(43)45)39-20-8-7-19-38(39)35-25-27-41-40-21-9-10-23-44(40)55-46(41)30-35/h1-31H. The Labute approximate surface area is 331 Å². The van der Waals surface area contributed by atoms with Gasteiger partial charge in [-0.25, -0.2) is 15.0 Å². The minimum absolute atomic E-state index is 0.649. The van der Waals surface area contributed by atoms with E-state index in [2.05, 4.69) is 164 Å². The molecule has 11 aromatic rings. The summed E-state index contributed by atoms with van der Waals surface area (Å²) in [5, 5.41) is 5.14. The highest BCUT2D eigenvalue weighted by Gasteiger charge is 2.18. The average molecular weight is 750 g/mol.